The van der Waals surface area contributed by atoms with Gasteiger partial charge in [0.15, 0.2) is 0 Å². The van der Waals surface area contributed by atoms with Crippen LogP contribution in [0.15, 0.2) is 23.1 Å². The van der Waals surface area contributed by atoms with Gasteiger partial charge < -0.3 is 4.90 Å². The van der Waals surface area contributed by atoms with E-state index < -0.39 is 15.8 Å². The summed E-state index contributed by atoms with van der Waals surface area (Å²) in [5.41, 5.74) is 0.719. The number of hydrogen-bond donors (Lipinski definition) is 0. The number of piperidine rings is 1. The lowest BCUT2D eigenvalue weighted by Gasteiger charge is -2.35. The average Bonchev–Trinajstić information content (AvgIpc) is 3.00. The summed E-state index contributed by atoms with van der Waals surface area (Å²) in [6, 6.07) is 4.01. The largest absolute Gasteiger partial charge is 0.343 e. The molecule has 0 saturated carbocycles. The molecule has 138 valence electrons. The molecule has 25 heavy (non-hydrogen) atoms. The van der Waals surface area contributed by atoms with Gasteiger partial charge in [0.2, 0.25) is 15.9 Å². The average molecular weight is 368 g/mol. The molecule has 1 aromatic carbocycles. The Morgan fingerprint density at radius 1 is 1.20 bits per heavy atom. The van der Waals surface area contributed by atoms with Crippen molar-refractivity contribution in [3.8, 4) is 0 Å². The molecule has 0 radical (unpaired) electrons. The number of amides is 1. The minimum absolute atomic E-state index is 0.148. The maximum atomic E-state index is 14.2. The van der Waals surface area contributed by atoms with Gasteiger partial charge in [0.1, 0.15) is 10.7 Å². The molecular formula is C18H25FN2O3S. The molecule has 5 nitrogen and oxygen atoms in total. The summed E-state index contributed by atoms with van der Waals surface area (Å²) >= 11 is 0. The first-order chi connectivity index (χ1) is 11.9. The van der Waals surface area contributed by atoms with Crippen LogP contribution in [-0.2, 0) is 14.8 Å². The number of halogens is 1. The minimum Gasteiger partial charge on any atom is -0.343 e. The van der Waals surface area contributed by atoms with Crippen LogP contribution in [0.3, 0.4) is 0 Å². The van der Waals surface area contributed by atoms with Gasteiger partial charge in [-0.15, -0.1) is 0 Å². The van der Waals surface area contributed by atoms with Gasteiger partial charge in [-0.2, -0.15) is 4.31 Å². The fourth-order valence-electron chi connectivity index (χ4n) is 3.76. The third kappa shape index (κ3) is 3.87. The van der Waals surface area contributed by atoms with Gasteiger partial charge >= 0.3 is 0 Å². The van der Waals surface area contributed by atoms with Crippen LogP contribution in [0.25, 0.3) is 0 Å². The zero-order valence-electron chi connectivity index (χ0n) is 14.6. The molecule has 2 aliphatic heterocycles. The monoisotopic (exact) mass is 368 g/mol. The molecule has 2 saturated heterocycles. The SMILES string of the molecule is Cc1ccc(F)c(S(=O)(=O)N2CCCC[C@H]2CCN2CCCC2=O)c1. The lowest BCUT2D eigenvalue weighted by molar-refractivity contribution is -0.127. The normalized spacial score (nSPS) is 22.6. The van der Waals surface area contributed by atoms with Crippen LogP contribution >= 0.6 is 0 Å². The number of aryl methyl sites for hydroxylation is 1. The van der Waals surface area contributed by atoms with Crippen molar-refractivity contribution in [1.82, 2.24) is 9.21 Å². The van der Waals surface area contributed by atoms with Crippen LogP contribution in [0.2, 0.25) is 0 Å². The van der Waals surface area contributed by atoms with Crippen LogP contribution in [0.1, 0.15) is 44.1 Å². The van der Waals surface area contributed by atoms with Gasteiger partial charge in [-0.05, 0) is 50.3 Å². The van der Waals surface area contributed by atoms with Crippen molar-refractivity contribution in [3.63, 3.8) is 0 Å². The highest BCUT2D eigenvalue weighted by atomic mass is 32.2. The second-order valence-corrected chi connectivity index (χ2v) is 8.83. The molecular weight excluding hydrogens is 343 g/mol. The molecule has 1 aromatic rings. The van der Waals surface area contributed by atoms with Gasteiger partial charge in [-0.1, -0.05) is 12.5 Å². The summed E-state index contributed by atoms with van der Waals surface area (Å²) in [6.45, 7) is 3.50. The van der Waals surface area contributed by atoms with Crippen molar-refractivity contribution in [1.29, 1.82) is 0 Å². The number of likely N-dealkylation sites (tertiary alicyclic amines) is 1. The van der Waals surface area contributed by atoms with Gasteiger partial charge in [-0.25, -0.2) is 12.8 Å². The number of carbonyl (C=O) groups is 1. The number of benzene rings is 1. The van der Waals surface area contributed by atoms with E-state index in [-0.39, 0.29) is 16.8 Å². The fourth-order valence-corrected chi connectivity index (χ4v) is 5.63. The zero-order chi connectivity index (χ0) is 18.0. The fraction of sp³-hybridized carbons (Fsp3) is 0.611. The van der Waals surface area contributed by atoms with E-state index in [1.165, 1.54) is 16.4 Å². The Bertz CT molecular complexity index is 751. The number of nitrogens with zero attached hydrogens (tertiary/aromatic N) is 2. The van der Waals surface area contributed by atoms with Crippen molar-refractivity contribution in [2.24, 2.45) is 0 Å². The second kappa shape index (κ2) is 7.41. The highest BCUT2D eigenvalue weighted by Crippen LogP contribution is 2.29. The number of rotatable bonds is 5. The quantitative estimate of drug-likeness (QED) is 0.803. The van der Waals surface area contributed by atoms with E-state index in [4.69, 9.17) is 0 Å². The molecule has 0 spiro atoms. The van der Waals surface area contributed by atoms with Crippen LogP contribution < -0.4 is 0 Å². The minimum atomic E-state index is -3.87. The summed E-state index contributed by atoms with van der Waals surface area (Å²) in [7, 11) is -3.87. The highest BCUT2D eigenvalue weighted by Gasteiger charge is 2.35. The predicted molar refractivity (Wildman–Crippen MR) is 93.1 cm³/mol. The number of carbonyl (C=O) groups excluding carboxylic acids is 1. The second-order valence-electron chi connectivity index (χ2n) is 6.97. The van der Waals surface area contributed by atoms with E-state index in [0.717, 1.165) is 37.8 Å². The highest BCUT2D eigenvalue weighted by molar-refractivity contribution is 7.89. The molecule has 7 heteroatoms. The number of hydrogen-bond acceptors (Lipinski definition) is 3. The molecule has 0 unspecified atom stereocenters. The Morgan fingerprint density at radius 3 is 2.72 bits per heavy atom. The molecule has 1 amide bonds. The Morgan fingerprint density at radius 2 is 2.00 bits per heavy atom. The zero-order valence-corrected chi connectivity index (χ0v) is 15.4. The van der Waals surface area contributed by atoms with Crippen LogP contribution in [-0.4, -0.2) is 49.2 Å². The first kappa shape index (κ1) is 18.3. The first-order valence-corrected chi connectivity index (χ1v) is 10.4. The smallest absolute Gasteiger partial charge is 0.246 e. The van der Waals surface area contributed by atoms with Gasteiger partial charge in [-0.3, -0.25) is 4.79 Å². The summed E-state index contributed by atoms with van der Waals surface area (Å²) < 4.78 is 41.7. The molecule has 2 heterocycles. The van der Waals surface area contributed by atoms with Crippen molar-refractivity contribution in [3.05, 3.63) is 29.6 Å². The van der Waals surface area contributed by atoms with Gasteiger partial charge in [0.05, 0.1) is 0 Å². The summed E-state index contributed by atoms with van der Waals surface area (Å²) in [5.74, 6) is -0.556. The van der Waals surface area contributed by atoms with Crippen molar-refractivity contribution in [2.45, 2.75) is 56.4 Å². The molecule has 0 N–H and O–H groups in total. The number of sulfonamides is 1. The van der Waals surface area contributed by atoms with Crippen LogP contribution in [0.5, 0.6) is 0 Å². The van der Waals surface area contributed by atoms with Crippen LogP contribution in [0.4, 0.5) is 4.39 Å². The van der Waals surface area contributed by atoms with Crippen molar-refractivity contribution < 1.29 is 17.6 Å². The molecule has 2 aliphatic rings. The third-order valence-corrected chi connectivity index (χ3v) is 7.12. The maximum absolute atomic E-state index is 14.2. The van der Waals surface area contributed by atoms with E-state index in [0.29, 0.717) is 25.9 Å². The van der Waals surface area contributed by atoms with Crippen LogP contribution in [0, 0.1) is 12.7 Å². The molecule has 2 fully saturated rings. The topological polar surface area (TPSA) is 57.7 Å². The molecule has 0 aromatic heterocycles. The predicted octanol–water partition coefficient (Wildman–Crippen LogP) is 2.69. The molecule has 0 bridgehead atoms. The third-order valence-electron chi connectivity index (χ3n) is 5.15. The Balaban J connectivity index is 1.79. The van der Waals surface area contributed by atoms with Gasteiger partial charge in [0, 0.05) is 32.1 Å². The lowest BCUT2D eigenvalue weighted by atomic mass is 10.0. The molecule has 3 rings (SSSR count). The molecule has 0 aliphatic carbocycles. The van der Waals surface area contributed by atoms with E-state index in [2.05, 4.69) is 0 Å². The summed E-state index contributed by atoms with van der Waals surface area (Å²) in [4.78, 5) is 13.3. The van der Waals surface area contributed by atoms with Gasteiger partial charge in [0.25, 0.3) is 0 Å². The lowest BCUT2D eigenvalue weighted by Crippen LogP contribution is -2.45. The summed E-state index contributed by atoms with van der Waals surface area (Å²) in [6.07, 6.45) is 4.57. The Kier molecular flexibility index (Phi) is 5.43. The first-order valence-electron chi connectivity index (χ1n) is 8.95. The van der Waals surface area contributed by atoms with Crippen molar-refractivity contribution >= 4 is 15.9 Å². The van der Waals surface area contributed by atoms with E-state index in [1.807, 2.05) is 4.90 Å². The standard InChI is InChI=1S/C18H25FN2O3S/c1-14-7-8-16(19)17(13-14)25(23,24)21-11-3-2-5-15(21)9-12-20-10-4-6-18(20)22/h7-8,13,15H,2-6,9-12H2,1H3/t15-/m0/s1. The van der Waals surface area contributed by atoms with E-state index >= 15 is 0 Å². The Hall–Kier alpha value is -1.47. The van der Waals surface area contributed by atoms with E-state index in [1.54, 1.807) is 13.0 Å². The molecule has 1 atom stereocenters. The van der Waals surface area contributed by atoms with Crippen molar-refractivity contribution in [2.75, 3.05) is 19.6 Å². The van der Waals surface area contributed by atoms with E-state index in [9.17, 15) is 17.6 Å². The Labute approximate surface area is 148 Å². The maximum Gasteiger partial charge on any atom is 0.246 e. The summed E-state index contributed by atoms with van der Waals surface area (Å²) in [5, 5.41) is 0.